The minimum atomic E-state index is 0.261. The quantitative estimate of drug-likeness (QED) is 0.813. The summed E-state index contributed by atoms with van der Waals surface area (Å²) in [5.41, 5.74) is 2.40. The molecule has 0 bridgehead atoms. The highest BCUT2D eigenvalue weighted by Crippen LogP contribution is 2.41. The third-order valence-electron chi connectivity index (χ3n) is 3.44. The van der Waals surface area contributed by atoms with Crippen molar-refractivity contribution in [3.63, 3.8) is 0 Å². The van der Waals surface area contributed by atoms with Gasteiger partial charge in [-0.3, -0.25) is 0 Å². The minimum absolute atomic E-state index is 0.261. The van der Waals surface area contributed by atoms with Crippen LogP contribution in [0.1, 0.15) is 17.0 Å². The highest BCUT2D eigenvalue weighted by atomic mass is 35.5. The van der Waals surface area contributed by atoms with E-state index in [1.807, 2.05) is 6.07 Å². The van der Waals surface area contributed by atoms with Crippen LogP contribution in [-0.4, -0.2) is 26.3 Å². The summed E-state index contributed by atoms with van der Waals surface area (Å²) in [4.78, 5) is 0. The zero-order chi connectivity index (χ0) is 11.1. The third-order valence-corrected chi connectivity index (χ3v) is 3.83. The van der Waals surface area contributed by atoms with Crippen LogP contribution < -0.4 is 10.1 Å². The van der Waals surface area contributed by atoms with Gasteiger partial charge in [0.05, 0.1) is 24.8 Å². The van der Waals surface area contributed by atoms with Gasteiger partial charge in [-0.2, -0.15) is 0 Å². The summed E-state index contributed by atoms with van der Waals surface area (Å²) in [5.74, 6) is 1.12. The van der Waals surface area contributed by atoms with E-state index >= 15 is 0 Å². The Morgan fingerprint density at radius 3 is 3.12 bits per heavy atom. The van der Waals surface area contributed by atoms with E-state index in [-0.39, 0.29) is 6.10 Å². The van der Waals surface area contributed by atoms with Gasteiger partial charge in [0.15, 0.2) is 0 Å². The Morgan fingerprint density at radius 2 is 2.31 bits per heavy atom. The second-order valence-corrected chi connectivity index (χ2v) is 4.65. The maximum absolute atomic E-state index is 6.39. The van der Waals surface area contributed by atoms with Gasteiger partial charge in [0.25, 0.3) is 0 Å². The van der Waals surface area contributed by atoms with E-state index in [0.29, 0.717) is 12.5 Å². The summed E-state index contributed by atoms with van der Waals surface area (Å²) in [6, 6.07) is 3.96. The summed E-state index contributed by atoms with van der Waals surface area (Å²) >= 11 is 6.39. The number of ether oxygens (including phenoxy) is 2. The number of nitrogens with one attached hydrogen (secondary N) is 1. The molecule has 0 amide bonds. The first-order chi connectivity index (χ1) is 7.81. The fourth-order valence-corrected chi connectivity index (χ4v) is 3.01. The molecule has 4 heteroatoms. The predicted molar refractivity (Wildman–Crippen MR) is 62.2 cm³/mol. The molecule has 16 heavy (non-hydrogen) atoms. The molecule has 0 aromatic heterocycles. The summed E-state index contributed by atoms with van der Waals surface area (Å²) in [6.07, 6.45) is 0.261. The summed E-state index contributed by atoms with van der Waals surface area (Å²) in [7, 11) is 1.65. The molecular formula is C12H14ClNO2. The molecule has 0 radical (unpaired) electrons. The van der Waals surface area contributed by atoms with Crippen molar-refractivity contribution in [2.45, 2.75) is 18.6 Å². The number of hydrogen-bond donors (Lipinski definition) is 1. The fourth-order valence-electron chi connectivity index (χ4n) is 2.61. The molecule has 2 aliphatic rings. The van der Waals surface area contributed by atoms with E-state index in [0.717, 1.165) is 23.9 Å². The summed E-state index contributed by atoms with van der Waals surface area (Å²) < 4.78 is 11.1. The molecule has 2 aliphatic heterocycles. The molecule has 1 saturated heterocycles. The molecular weight excluding hydrogens is 226 g/mol. The molecule has 1 aromatic carbocycles. The van der Waals surface area contributed by atoms with E-state index in [4.69, 9.17) is 21.1 Å². The van der Waals surface area contributed by atoms with E-state index in [9.17, 15) is 0 Å². The van der Waals surface area contributed by atoms with Crippen LogP contribution in [0.2, 0.25) is 5.02 Å². The lowest BCUT2D eigenvalue weighted by molar-refractivity contribution is 0.0299. The number of methoxy groups -OCH3 is 1. The first kappa shape index (κ1) is 10.4. The van der Waals surface area contributed by atoms with Crippen LogP contribution in [0.4, 0.5) is 0 Å². The van der Waals surface area contributed by atoms with Gasteiger partial charge in [-0.1, -0.05) is 17.7 Å². The van der Waals surface area contributed by atoms with Gasteiger partial charge in [-0.25, -0.2) is 0 Å². The molecule has 1 fully saturated rings. The molecule has 1 aromatic rings. The number of fused-ring (bicyclic) bond motifs is 3. The van der Waals surface area contributed by atoms with Gasteiger partial charge in [-0.05, 0) is 17.2 Å². The Bertz CT molecular complexity index is 422. The summed E-state index contributed by atoms with van der Waals surface area (Å²) in [6.45, 7) is 2.50. The number of hydrogen-bond acceptors (Lipinski definition) is 3. The Balaban J connectivity index is 2.11. The molecule has 1 unspecified atom stereocenters. The molecule has 2 atom stereocenters. The zero-order valence-electron chi connectivity index (χ0n) is 9.13. The van der Waals surface area contributed by atoms with Gasteiger partial charge in [0.2, 0.25) is 0 Å². The standard InChI is InChI=1S/C12H14ClNO2/c1-15-9-3-2-7-6-16-10-5-14-4-8(10)11(7)12(9)13/h2-3,8,10,14H,4-6H2,1H3/t8?,10-/m0/s1. The van der Waals surface area contributed by atoms with Crippen molar-refractivity contribution in [3.05, 3.63) is 28.3 Å². The fraction of sp³-hybridized carbons (Fsp3) is 0.500. The van der Waals surface area contributed by atoms with Gasteiger partial charge >= 0.3 is 0 Å². The molecule has 0 saturated carbocycles. The molecule has 3 rings (SSSR count). The Labute approximate surface area is 99.7 Å². The molecule has 0 aliphatic carbocycles. The topological polar surface area (TPSA) is 30.5 Å². The van der Waals surface area contributed by atoms with Crippen LogP contribution in [0, 0.1) is 0 Å². The number of benzene rings is 1. The maximum Gasteiger partial charge on any atom is 0.137 e. The second-order valence-electron chi connectivity index (χ2n) is 4.27. The van der Waals surface area contributed by atoms with E-state index in [1.54, 1.807) is 7.11 Å². The van der Waals surface area contributed by atoms with Gasteiger partial charge in [0.1, 0.15) is 5.75 Å². The molecule has 86 valence electrons. The lowest BCUT2D eigenvalue weighted by Gasteiger charge is -2.29. The van der Waals surface area contributed by atoms with Crippen molar-refractivity contribution in [1.29, 1.82) is 0 Å². The average molecular weight is 240 g/mol. The molecule has 1 N–H and O–H groups in total. The minimum Gasteiger partial charge on any atom is -0.495 e. The largest absolute Gasteiger partial charge is 0.495 e. The van der Waals surface area contributed by atoms with E-state index in [1.165, 1.54) is 11.1 Å². The predicted octanol–water partition coefficient (Wildman–Crippen LogP) is 1.93. The van der Waals surface area contributed by atoms with Crippen LogP contribution in [0.15, 0.2) is 12.1 Å². The van der Waals surface area contributed by atoms with Crippen molar-refractivity contribution in [1.82, 2.24) is 5.32 Å². The Hall–Kier alpha value is -0.770. The second kappa shape index (κ2) is 3.91. The van der Waals surface area contributed by atoms with Crippen molar-refractivity contribution < 1.29 is 9.47 Å². The highest BCUT2D eigenvalue weighted by molar-refractivity contribution is 6.33. The highest BCUT2D eigenvalue weighted by Gasteiger charge is 2.36. The van der Waals surface area contributed by atoms with Crippen LogP contribution in [0.3, 0.4) is 0 Å². The van der Waals surface area contributed by atoms with E-state index in [2.05, 4.69) is 11.4 Å². The molecule has 2 heterocycles. The normalized spacial score (nSPS) is 27.4. The lowest BCUT2D eigenvalue weighted by atomic mass is 9.89. The smallest absolute Gasteiger partial charge is 0.137 e. The molecule has 0 spiro atoms. The summed E-state index contributed by atoms with van der Waals surface area (Å²) in [5, 5.41) is 4.10. The van der Waals surface area contributed by atoms with E-state index < -0.39 is 0 Å². The van der Waals surface area contributed by atoms with Gasteiger partial charge < -0.3 is 14.8 Å². The van der Waals surface area contributed by atoms with Crippen LogP contribution >= 0.6 is 11.6 Å². The van der Waals surface area contributed by atoms with Crippen LogP contribution in [0.5, 0.6) is 5.75 Å². The van der Waals surface area contributed by atoms with Crippen molar-refractivity contribution in [2.24, 2.45) is 0 Å². The third kappa shape index (κ3) is 1.43. The monoisotopic (exact) mass is 239 g/mol. The van der Waals surface area contributed by atoms with Crippen LogP contribution in [-0.2, 0) is 11.3 Å². The SMILES string of the molecule is COc1ccc2c(c1Cl)C1CNC[C@@H]1OC2. The van der Waals surface area contributed by atoms with Gasteiger partial charge in [0, 0.05) is 19.0 Å². The zero-order valence-corrected chi connectivity index (χ0v) is 9.88. The number of halogens is 1. The van der Waals surface area contributed by atoms with Crippen molar-refractivity contribution in [2.75, 3.05) is 20.2 Å². The average Bonchev–Trinajstić information content (AvgIpc) is 2.77. The van der Waals surface area contributed by atoms with Crippen molar-refractivity contribution >= 4 is 11.6 Å². The van der Waals surface area contributed by atoms with Gasteiger partial charge in [-0.15, -0.1) is 0 Å². The first-order valence-electron chi connectivity index (χ1n) is 5.49. The number of rotatable bonds is 1. The maximum atomic E-state index is 6.39. The Morgan fingerprint density at radius 1 is 1.44 bits per heavy atom. The first-order valence-corrected chi connectivity index (χ1v) is 5.86. The Kier molecular flexibility index (Phi) is 2.54. The lowest BCUT2D eigenvalue weighted by Crippen LogP contribution is -2.27. The molecule has 3 nitrogen and oxygen atoms in total. The van der Waals surface area contributed by atoms with Crippen LogP contribution in [0.25, 0.3) is 0 Å². The van der Waals surface area contributed by atoms with Crippen molar-refractivity contribution in [3.8, 4) is 5.75 Å².